The van der Waals surface area contributed by atoms with Gasteiger partial charge in [0.1, 0.15) is 6.61 Å². The van der Waals surface area contributed by atoms with E-state index < -0.39 is 0 Å². The fourth-order valence-corrected chi connectivity index (χ4v) is 3.43. The molecular formula is C24H23N3O3. The predicted molar refractivity (Wildman–Crippen MR) is 115 cm³/mol. The summed E-state index contributed by atoms with van der Waals surface area (Å²) >= 11 is 0. The average molecular weight is 401 g/mol. The molecular weight excluding hydrogens is 378 g/mol. The standard InChI is InChI=1S/C24H23N3O3/c1-15-5-11-20(12-6-15)27-23-22(17(3)26-27)16(2)13-21(25-23)30-14-18-7-9-19(10-8-18)24(28)29-4/h5-13H,14H2,1-4H3. The quantitative estimate of drug-likeness (QED) is 0.453. The largest absolute Gasteiger partial charge is 0.473 e. The minimum Gasteiger partial charge on any atom is -0.473 e. The maximum Gasteiger partial charge on any atom is 0.337 e. The van der Waals surface area contributed by atoms with E-state index in [0.717, 1.165) is 33.5 Å². The summed E-state index contributed by atoms with van der Waals surface area (Å²) in [5, 5.41) is 5.73. The van der Waals surface area contributed by atoms with E-state index >= 15 is 0 Å². The average Bonchev–Trinajstić information content (AvgIpc) is 3.09. The highest BCUT2D eigenvalue weighted by atomic mass is 16.5. The molecule has 0 saturated carbocycles. The van der Waals surface area contributed by atoms with Gasteiger partial charge in [-0.25, -0.2) is 9.48 Å². The Morgan fingerprint density at radius 3 is 2.37 bits per heavy atom. The van der Waals surface area contributed by atoms with Gasteiger partial charge in [0.15, 0.2) is 5.65 Å². The van der Waals surface area contributed by atoms with Crippen LogP contribution in [0.15, 0.2) is 54.6 Å². The van der Waals surface area contributed by atoms with Crippen molar-refractivity contribution in [2.75, 3.05) is 7.11 Å². The predicted octanol–water partition coefficient (Wildman–Crippen LogP) is 4.71. The Kier molecular flexibility index (Phi) is 5.23. The summed E-state index contributed by atoms with van der Waals surface area (Å²) in [7, 11) is 1.37. The van der Waals surface area contributed by atoms with Crippen LogP contribution in [0.25, 0.3) is 16.7 Å². The molecule has 152 valence electrons. The van der Waals surface area contributed by atoms with E-state index in [9.17, 15) is 4.79 Å². The van der Waals surface area contributed by atoms with E-state index in [0.29, 0.717) is 18.1 Å². The smallest absolute Gasteiger partial charge is 0.337 e. The van der Waals surface area contributed by atoms with Crippen LogP contribution in [0.5, 0.6) is 5.88 Å². The van der Waals surface area contributed by atoms with Crippen LogP contribution in [-0.2, 0) is 11.3 Å². The molecule has 0 spiro atoms. The number of rotatable bonds is 5. The van der Waals surface area contributed by atoms with Gasteiger partial charge in [0.05, 0.1) is 24.1 Å². The van der Waals surface area contributed by atoms with Crippen LogP contribution in [0.4, 0.5) is 0 Å². The molecule has 4 aromatic rings. The van der Waals surface area contributed by atoms with E-state index in [1.54, 1.807) is 12.1 Å². The third-order valence-corrected chi connectivity index (χ3v) is 5.03. The normalized spacial score (nSPS) is 10.9. The molecule has 0 atom stereocenters. The fourth-order valence-electron chi connectivity index (χ4n) is 3.43. The molecule has 2 aromatic heterocycles. The highest BCUT2D eigenvalue weighted by molar-refractivity contribution is 5.89. The van der Waals surface area contributed by atoms with Crippen molar-refractivity contribution in [3.63, 3.8) is 0 Å². The van der Waals surface area contributed by atoms with E-state index in [4.69, 9.17) is 19.6 Å². The second-order valence-electron chi connectivity index (χ2n) is 7.29. The van der Waals surface area contributed by atoms with Gasteiger partial charge in [0.2, 0.25) is 5.88 Å². The van der Waals surface area contributed by atoms with Crippen LogP contribution in [-0.4, -0.2) is 27.8 Å². The number of nitrogens with zero attached hydrogens (tertiary/aromatic N) is 3. The summed E-state index contributed by atoms with van der Waals surface area (Å²) < 4.78 is 12.5. The van der Waals surface area contributed by atoms with Crippen molar-refractivity contribution in [3.8, 4) is 11.6 Å². The van der Waals surface area contributed by atoms with Gasteiger partial charge in [-0.1, -0.05) is 29.8 Å². The highest BCUT2D eigenvalue weighted by Crippen LogP contribution is 2.27. The molecule has 0 aliphatic heterocycles. The first-order chi connectivity index (χ1) is 14.5. The number of carbonyl (C=O) groups excluding carboxylic acids is 1. The number of fused-ring (bicyclic) bond motifs is 1. The van der Waals surface area contributed by atoms with Gasteiger partial charge in [-0.3, -0.25) is 0 Å². The minimum atomic E-state index is -0.357. The van der Waals surface area contributed by atoms with Crippen LogP contribution in [0.1, 0.15) is 32.7 Å². The lowest BCUT2D eigenvalue weighted by Crippen LogP contribution is -2.03. The molecule has 0 saturated heterocycles. The number of benzene rings is 2. The molecule has 6 nitrogen and oxygen atoms in total. The Morgan fingerprint density at radius 2 is 1.70 bits per heavy atom. The zero-order chi connectivity index (χ0) is 21.3. The number of hydrogen-bond acceptors (Lipinski definition) is 5. The maximum atomic E-state index is 11.6. The summed E-state index contributed by atoms with van der Waals surface area (Å²) in [4.78, 5) is 16.3. The molecule has 0 N–H and O–H groups in total. The first-order valence-corrected chi connectivity index (χ1v) is 9.70. The number of esters is 1. The second kappa shape index (κ2) is 7.99. The molecule has 0 aliphatic rings. The molecule has 0 fully saturated rings. The number of hydrogen-bond donors (Lipinski definition) is 0. The zero-order valence-electron chi connectivity index (χ0n) is 17.5. The summed E-state index contributed by atoms with van der Waals surface area (Å²) in [6, 6.07) is 17.3. The monoisotopic (exact) mass is 401 g/mol. The van der Waals surface area contributed by atoms with Crippen LogP contribution in [0, 0.1) is 20.8 Å². The Morgan fingerprint density at radius 1 is 1.00 bits per heavy atom. The van der Waals surface area contributed by atoms with Crippen molar-refractivity contribution in [1.82, 2.24) is 14.8 Å². The summed E-state index contributed by atoms with van der Waals surface area (Å²) in [6.07, 6.45) is 0. The molecule has 4 rings (SSSR count). The van der Waals surface area contributed by atoms with Crippen LogP contribution < -0.4 is 4.74 Å². The van der Waals surface area contributed by atoms with Crippen LogP contribution in [0.2, 0.25) is 0 Å². The molecule has 0 unspecified atom stereocenters. The van der Waals surface area contributed by atoms with E-state index in [-0.39, 0.29) is 5.97 Å². The van der Waals surface area contributed by atoms with Crippen molar-refractivity contribution in [2.24, 2.45) is 0 Å². The van der Waals surface area contributed by atoms with Gasteiger partial charge in [-0.2, -0.15) is 10.1 Å². The van der Waals surface area contributed by atoms with E-state index in [1.165, 1.54) is 12.7 Å². The third kappa shape index (κ3) is 3.76. The first kappa shape index (κ1) is 19.6. The van der Waals surface area contributed by atoms with Crippen molar-refractivity contribution in [3.05, 3.63) is 82.5 Å². The molecule has 0 bridgehead atoms. The van der Waals surface area contributed by atoms with Gasteiger partial charge in [-0.05, 0) is 56.2 Å². The van der Waals surface area contributed by atoms with E-state index in [2.05, 4.69) is 19.1 Å². The number of aromatic nitrogens is 3. The molecule has 2 aromatic carbocycles. The Hall–Kier alpha value is -3.67. The summed E-state index contributed by atoms with van der Waals surface area (Å²) in [6.45, 7) is 6.43. The van der Waals surface area contributed by atoms with Gasteiger partial charge in [0.25, 0.3) is 0 Å². The van der Waals surface area contributed by atoms with Crippen LogP contribution >= 0.6 is 0 Å². The fraction of sp³-hybridized carbons (Fsp3) is 0.208. The second-order valence-corrected chi connectivity index (χ2v) is 7.29. The minimum absolute atomic E-state index is 0.344. The lowest BCUT2D eigenvalue weighted by atomic mass is 10.1. The van der Waals surface area contributed by atoms with Crippen molar-refractivity contribution in [1.29, 1.82) is 0 Å². The third-order valence-electron chi connectivity index (χ3n) is 5.03. The van der Waals surface area contributed by atoms with Gasteiger partial charge in [-0.15, -0.1) is 0 Å². The zero-order valence-corrected chi connectivity index (χ0v) is 17.5. The number of methoxy groups -OCH3 is 1. The molecule has 2 heterocycles. The van der Waals surface area contributed by atoms with Crippen LogP contribution in [0.3, 0.4) is 0 Å². The molecule has 0 amide bonds. The van der Waals surface area contributed by atoms with Gasteiger partial charge in [0, 0.05) is 11.5 Å². The van der Waals surface area contributed by atoms with Gasteiger partial charge >= 0.3 is 5.97 Å². The Labute approximate surface area is 175 Å². The Bertz CT molecular complexity index is 1210. The molecule has 30 heavy (non-hydrogen) atoms. The Balaban J connectivity index is 1.63. The number of aryl methyl sites for hydroxylation is 3. The lowest BCUT2D eigenvalue weighted by molar-refractivity contribution is 0.0600. The summed E-state index contributed by atoms with van der Waals surface area (Å²) in [5.74, 6) is 0.176. The maximum absolute atomic E-state index is 11.6. The van der Waals surface area contributed by atoms with E-state index in [1.807, 2.05) is 48.9 Å². The SMILES string of the molecule is COC(=O)c1ccc(COc2cc(C)c3c(C)nn(-c4ccc(C)cc4)c3n2)cc1. The topological polar surface area (TPSA) is 66.2 Å². The molecule has 0 radical (unpaired) electrons. The number of ether oxygens (including phenoxy) is 2. The summed E-state index contributed by atoms with van der Waals surface area (Å²) in [5.41, 5.74) is 6.36. The molecule has 6 heteroatoms. The van der Waals surface area contributed by atoms with Gasteiger partial charge < -0.3 is 9.47 Å². The number of carbonyl (C=O) groups is 1. The highest BCUT2D eigenvalue weighted by Gasteiger charge is 2.15. The van der Waals surface area contributed by atoms with Crippen molar-refractivity contribution < 1.29 is 14.3 Å². The lowest BCUT2D eigenvalue weighted by Gasteiger charge is -2.09. The van der Waals surface area contributed by atoms with Crippen molar-refractivity contribution >= 4 is 17.0 Å². The number of pyridine rings is 1. The first-order valence-electron chi connectivity index (χ1n) is 9.70. The van der Waals surface area contributed by atoms with Crippen molar-refractivity contribution in [2.45, 2.75) is 27.4 Å². The molecule has 0 aliphatic carbocycles.